The van der Waals surface area contributed by atoms with Crippen molar-refractivity contribution < 1.29 is 9.47 Å². The SMILES string of the molecule is CCOc1cccc(NCC(C)COC)c1. The zero-order valence-corrected chi connectivity index (χ0v) is 10.3. The summed E-state index contributed by atoms with van der Waals surface area (Å²) < 4.78 is 10.5. The summed E-state index contributed by atoms with van der Waals surface area (Å²) in [6, 6.07) is 8.02. The minimum absolute atomic E-state index is 0.501. The third-order valence-electron chi connectivity index (χ3n) is 2.25. The van der Waals surface area contributed by atoms with Gasteiger partial charge < -0.3 is 14.8 Å². The van der Waals surface area contributed by atoms with Crippen LogP contribution in [0.1, 0.15) is 13.8 Å². The summed E-state index contributed by atoms with van der Waals surface area (Å²) in [6.45, 7) is 6.52. The van der Waals surface area contributed by atoms with E-state index < -0.39 is 0 Å². The van der Waals surface area contributed by atoms with Crippen LogP contribution in [-0.4, -0.2) is 26.9 Å². The first-order valence-electron chi connectivity index (χ1n) is 5.72. The van der Waals surface area contributed by atoms with Gasteiger partial charge in [-0.05, 0) is 25.0 Å². The highest BCUT2D eigenvalue weighted by Gasteiger charge is 2.01. The Labute approximate surface area is 97.8 Å². The van der Waals surface area contributed by atoms with Gasteiger partial charge in [0.1, 0.15) is 5.75 Å². The van der Waals surface area contributed by atoms with Crippen LogP contribution in [0.4, 0.5) is 5.69 Å². The summed E-state index contributed by atoms with van der Waals surface area (Å²) in [5.41, 5.74) is 1.09. The molecule has 1 rings (SSSR count). The fourth-order valence-corrected chi connectivity index (χ4v) is 1.50. The Morgan fingerprint density at radius 3 is 2.88 bits per heavy atom. The van der Waals surface area contributed by atoms with E-state index in [1.54, 1.807) is 7.11 Å². The standard InChI is InChI=1S/C13H21NO2/c1-4-16-13-7-5-6-12(8-13)14-9-11(2)10-15-3/h5-8,11,14H,4,9-10H2,1-3H3. The van der Waals surface area contributed by atoms with E-state index in [1.807, 2.05) is 31.2 Å². The van der Waals surface area contributed by atoms with Gasteiger partial charge in [-0.25, -0.2) is 0 Å². The Hall–Kier alpha value is -1.22. The van der Waals surface area contributed by atoms with Crippen LogP contribution in [0.15, 0.2) is 24.3 Å². The van der Waals surface area contributed by atoms with Crippen molar-refractivity contribution in [3.05, 3.63) is 24.3 Å². The molecule has 90 valence electrons. The van der Waals surface area contributed by atoms with Crippen molar-refractivity contribution in [3.8, 4) is 5.75 Å². The molecule has 1 N–H and O–H groups in total. The largest absolute Gasteiger partial charge is 0.494 e. The van der Waals surface area contributed by atoms with Crippen molar-refractivity contribution in [1.82, 2.24) is 0 Å². The molecule has 3 heteroatoms. The molecule has 0 bridgehead atoms. The van der Waals surface area contributed by atoms with E-state index in [1.165, 1.54) is 0 Å². The van der Waals surface area contributed by atoms with Gasteiger partial charge in [0.15, 0.2) is 0 Å². The second kappa shape index (κ2) is 7.12. The zero-order valence-electron chi connectivity index (χ0n) is 10.3. The van der Waals surface area contributed by atoms with Gasteiger partial charge in [-0.2, -0.15) is 0 Å². The van der Waals surface area contributed by atoms with Crippen LogP contribution in [0.2, 0.25) is 0 Å². The maximum Gasteiger partial charge on any atom is 0.121 e. The number of nitrogens with one attached hydrogen (secondary N) is 1. The lowest BCUT2D eigenvalue weighted by molar-refractivity contribution is 0.164. The summed E-state index contributed by atoms with van der Waals surface area (Å²) in [6.07, 6.45) is 0. The molecule has 1 atom stereocenters. The number of anilines is 1. The van der Waals surface area contributed by atoms with Gasteiger partial charge >= 0.3 is 0 Å². The lowest BCUT2D eigenvalue weighted by atomic mass is 10.2. The number of hydrogen-bond donors (Lipinski definition) is 1. The smallest absolute Gasteiger partial charge is 0.121 e. The third kappa shape index (κ3) is 4.53. The van der Waals surface area contributed by atoms with Crippen LogP contribution in [-0.2, 0) is 4.74 Å². The molecule has 0 fully saturated rings. The van der Waals surface area contributed by atoms with Gasteiger partial charge in [-0.3, -0.25) is 0 Å². The predicted molar refractivity (Wildman–Crippen MR) is 67.1 cm³/mol. The monoisotopic (exact) mass is 223 g/mol. The topological polar surface area (TPSA) is 30.5 Å². The minimum Gasteiger partial charge on any atom is -0.494 e. The number of methoxy groups -OCH3 is 1. The Balaban J connectivity index is 2.44. The fourth-order valence-electron chi connectivity index (χ4n) is 1.50. The molecule has 0 aromatic heterocycles. The van der Waals surface area contributed by atoms with E-state index in [0.717, 1.165) is 24.6 Å². The minimum atomic E-state index is 0.501. The van der Waals surface area contributed by atoms with E-state index in [-0.39, 0.29) is 0 Å². The molecule has 0 spiro atoms. The van der Waals surface area contributed by atoms with Gasteiger partial charge in [0.2, 0.25) is 0 Å². The second-order valence-electron chi connectivity index (χ2n) is 3.90. The molecule has 0 aliphatic carbocycles. The lowest BCUT2D eigenvalue weighted by Crippen LogP contribution is -2.15. The predicted octanol–water partition coefficient (Wildman–Crippen LogP) is 2.78. The molecule has 0 heterocycles. The summed E-state index contributed by atoms with van der Waals surface area (Å²) >= 11 is 0. The van der Waals surface area contributed by atoms with Gasteiger partial charge in [0.25, 0.3) is 0 Å². The highest BCUT2D eigenvalue weighted by atomic mass is 16.5. The fraction of sp³-hybridized carbons (Fsp3) is 0.538. The van der Waals surface area contributed by atoms with Crippen molar-refractivity contribution >= 4 is 5.69 Å². The molecule has 0 saturated carbocycles. The quantitative estimate of drug-likeness (QED) is 0.771. The highest BCUT2D eigenvalue weighted by Crippen LogP contribution is 2.17. The Bertz CT molecular complexity index is 302. The molecule has 0 amide bonds. The first kappa shape index (κ1) is 12.8. The van der Waals surface area contributed by atoms with Crippen LogP contribution in [0.5, 0.6) is 5.75 Å². The summed E-state index contributed by atoms with van der Waals surface area (Å²) in [5.74, 6) is 1.41. The zero-order chi connectivity index (χ0) is 11.8. The molecule has 1 aromatic carbocycles. The van der Waals surface area contributed by atoms with Crippen LogP contribution in [0.25, 0.3) is 0 Å². The Morgan fingerprint density at radius 1 is 1.38 bits per heavy atom. The van der Waals surface area contributed by atoms with Gasteiger partial charge in [0, 0.05) is 25.4 Å². The summed E-state index contributed by atoms with van der Waals surface area (Å²) in [7, 11) is 1.73. The molecule has 1 unspecified atom stereocenters. The van der Waals surface area contributed by atoms with E-state index in [0.29, 0.717) is 12.5 Å². The molecule has 0 aliphatic heterocycles. The average molecular weight is 223 g/mol. The van der Waals surface area contributed by atoms with E-state index in [2.05, 4.69) is 12.2 Å². The number of rotatable bonds is 7. The second-order valence-corrected chi connectivity index (χ2v) is 3.90. The van der Waals surface area contributed by atoms with Crippen molar-refractivity contribution in [2.75, 3.05) is 32.2 Å². The average Bonchev–Trinajstić information content (AvgIpc) is 2.28. The molecular weight excluding hydrogens is 202 g/mol. The summed E-state index contributed by atoms with van der Waals surface area (Å²) in [4.78, 5) is 0. The normalized spacial score (nSPS) is 12.2. The maximum atomic E-state index is 5.44. The first-order valence-corrected chi connectivity index (χ1v) is 5.72. The molecule has 0 saturated heterocycles. The Morgan fingerprint density at radius 2 is 2.19 bits per heavy atom. The van der Waals surface area contributed by atoms with Crippen LogP contribution >= 0.6 is 0 Å². The van der Waals surface area contributed by atoms with Crippen molar-refractivity contribution in [2.45, 2.75) is 13.8 Å². The van der Waals surface area contributed by atoms with Gasteiger partial charge in [0.05, 0.1) is 13.2 Å². The van der Waals surface area contributed by atoms with Crippen LogP contribution in [0, 0.1) is 5.92 Å². The third-order valence-corrected chi connectivity index (χ3v) is 2.25. The first-order chi connectivity index (χ1) is 7.76. The van der Waals surface area contributed by atoms with Crippen molar-refractivity contribution in [2.24, 2.45) is 5.92 Å². The molecule has 0 radical (unpaired) electrons. The van der Waals surface area contributed by atoms with Crippen LogP contribution in [0.3, 0.4) is 0 Å². The molecule has 0 aliphatic rings. The molecule has 3 nitrogen and oxygen atoms in total. The molecular formula is C13H21NO2. The summed E-state index contributed by atoms with van der Waals surface area (Å²) in [5, 5.41) is 3.37. The van der Waals surface area contributed by atoms with E-state index in [9.17, 15) is 0 Å². The van der Waals surface area contributed by atoms with Gasteiger partial charge in [-0.15, -0.1) is 0 Å². The Kier molecular flexibility index (Phi) is 5.72. The lowest BCUT2D eigenvalue weighted by Gasteiger charge is -2.13. The highest BCUT2D eigenvalue weighted by molar-refractivity contribution is 5.48. The molecule has 1 aromatic rings. The van der Waals surface area contributed by atoms with Crippen molar-refractivity contribution in [1.29, 1.82) is 0 Å². The van der Waals surface area contributed by atoms with Crippen molar-refractivity contribution in [3.63, 3.8) is 0 Å². The number of ether oxygens (including phenoxy) is 2. The maximum absolute atomic E-state index is 5.44. The molecule has 16 heavy (non-hydrogen) atoms. The van der Waals surface area contributed by atoms with E-state index in [4.69, 9.17) is 9.47 Å². The number of hydrogen-bond acceptors (Lipinski definition) is 3. The van der Waals surface area contributed by atoms with Gasteiger partial charge in [-0.1, -0.05) is 13.0 Å². The van der Waals surface area contributed by atoms with Crippen LogP contribution < -0.4 is 10.1 Å². The van der Waals surface area contributed by atoms with E-state index >= 15 is 0 Å². The number of benzene rings is 1.